The summed E-state index contributed by atoms with van der Waals surface area (Å²) in [5.41, 5.74) is 9.19. The second kappa shape index (κ2) is 8.03. The molecule has 0 amide bonds. The van der Waals surface area contributed by atoms with Gasteiger partial charge < -0.3 is 9.84 Å². The van der Waals surface area contributed by atoms with Crippen LogP contribution in [0.1, 0.15) is 41.2 Å². The number of fused-ring (bicyclic) bond motifs is 1. The average Bonchev–Trinajstić information content (AvgIpc) is 2.65. The monoisotopic (exact) mass is 391 g/mol. The summed E-state index contributed by atoms with van der Waals surface area (Å²) in [6, 6.07) is 12.9. The standard InChI is InChI=1S/C25H29NO3/c1-16-4-5-21(17(2)10-16)15-29-23-8-9-24-18(3)20(7-6-19(24)11-23)12-26-13-22(14-26)25(27)28/h4-5,8-11,22H,6-7,12-15H2,1-3H3,(H,27,28). The minimum absolute atomic E-state index is 0.191. The van der Waals surface area contributed by atoms with Crippen LogP contribution in [0.2, 0.25) is 0 Å². The van der Waals surface area contributed by atoms with Crippen molar-refractivity contribution in [3.05, 3.63) is 69.8 Å². The SMILES string of the molecule is CC1=C(CN2CC(C(=O)O)C2)CCc2cc(OCc3ccc(C)cc3C)ccc21. The van der Waals surface area contributed by atoms with Gasteiger partial charge in [0.1, 0.15) is 12.4 Å². The third-order valence-corrected chi connectivity index (χ3v) is 6.32. The maximum Gasteiger partial charge on any atom is 0.309 e. The van der Waals surface area contributed by atoms with E-state index in [9.17, 15) is 4.79 Å². The Hall–Kier alpha value is -2.59. The maximum absolute atomic E-state index is 11.0. The molecule has 152 valence electrons. The Morgan fingerprint density at radius 2 is 1.90 bits per heavy atom. The van der Waals surface area contributed by atoms with E-state index in [0.29, 0.717) is 19.7 Å². The molecule has 1 N–H and O–H groups in total. The Kier molecular flexibility index (Phi) is 5.46. The molecule has 4 heteroatoms. The number of carbonyl (C=O) groups is 1. The molecule has 0 unspecified atom stereocenters. The molecule has 4 rings (SSSR count). The predicted octanol–water partition coefficient (Wildman–Crippen LogP) is 4.62. The number of hydrogen-bond donors (Lipinski definition) is 1. The molecule has 0 aromatic heterocycles. The highest BCUT2D eigenvalue weighted by Crippen LogP contribution is 2.34. The molecule has 1 aliphatic heterocycles. The summed E-state index contributed by atoms with van der Waals surface area (Å²) in [6.07, 6.45) is 2.05. The van der Waals surface area contributed by atoms with Gasteiger partial charge >= 0.3 is 5.97 Å². The molecule has 2 aromatic carbocycles. The molecule has 0 saturated carbocycles. The predicted molar refractivity (Wildman–Crippen MR) is 115 cm³/mol. The average molecular weight is 392 g/mol. The lowest BCUT2D eigenvalue weighted by atomic mass is 9.85. The number of aryl methyl sites for hydroxylation is 3. The van der Waals surface area contributed by atoms with Crippen LogP contribution in [0.4, 0.5) is 0 Å². The fourth-order valence-corrected chi connectivity index (χ4v) is 4.39. The van der Waals surface area contributed by atoms with Gasteiger partial charge in [-0.15, -0.1) is 0 Å². The number of nitrogens with zero attached hydrogens (tertiary/aromatic N) is 1. The Balaban J connectivity index is 1.42. The van der Waals surface area contributed by atoms with Crippen LogP contribution in [-0.4, -0.2) is 35.6 Å². The van der Waals surface area contributed by atoms with Gasteiger partial charge in [0.15, 0.2) is 0 Å². The second-order valence-electron chi connectivity index (χ2n) is 8.50. The number of allylic oxidation sites excluding steroid dienone is 1. The number of hydrogen-bond acceptors (Lipinski definition) is 3. The topological polar surface area (TPSA) is 49.8 Å². The van der Waals surface area contributed by atoms with E-state index < -0.39 is 5.97 Å². The van der Waals surface area contributed by atoms with Gasteiger partial charge in [0.2, 0.25) is 0 Å². The summed E-state index contributed by atoms with van der Waals surface area (Å²) in [4.78, 5) is 13.2. The molecule has 1 saturated heterocycles. The van der Waals surface area contributed by atoms with E-state index in [-0.39, 0.29) is 5.92 Å². The van der Waals surface area contributed by atoms with Crippen LogP contribution in [0.5, 0.6) is 5.75 Å². The van der Waals surface area contributed by atoms with Crippen molar-refractivity contribution in [3.8, 4) is 5.75 Å². The lowest BCUT2D eigenvalue weighted by molar-refractivity contribution is -0.147. The minimum Gasteiger partial charge on any atom is -0.489 e. The van der Waals surface area contributed by atoms with E-state index in [1.165, 1.54) is 39.0 Å². The van der Waals surface area contributed by atoms with E-state index in [1.54, 1.807) is 0 Å². The molecule has 2 aromatic rings. The van der Waals surface area contributed by atoms with Gasteiger partial charge in [-0.3, -0.25) is 9.69 Å². The number of rotatable bonds is 6. The molecule has 0 bridgehead atoms. The van der Waals surface area contributed by atoms with E-state index in [4.69, 9.17) is 9.84 Å². The maximum atomic E-state index is 11.0. The summed E-state index contributed by atoms with van der Waals surface area (Å²) in [5, 5.41) is 9.06. The smallest absolute Gasteiger partial charge is 0.309 e. The Labute approximate surface area is 172 Å². The highest BCUT2D eigenvalue weighted by atomic mass is 16.5. The quantitative estimate of drug-likeness (QED) is 0.781. The van der Waals surface area contributed by atoms with Crippen molar-refractivity contribution < 1.29 is 14.6 Å². The molecular weight excluding hydrogens is 362 g/mol. The van der Waals surface area contributed by atoms with Crippen LogP contribution in [0.15, 0.2) is 42.0 Å². The number of aliphatic carboxylic acids is 1. The number of carboxylic acids is 1. The zero-order chi connectivity index (χ0) is 20.5. The van der Waals surface area contributed by atoms with E-state index in [1.807, 2.05) is 0 Å². The summed E-state index contributed by atoms with van der Waals surface area (Å²) < 4.78 is 6.09. The van der Waals surface area contributed by atoms with Crippen LogP contribution in [0, 0.1) is 19.8 Å². The van der Waals surface area contributed by atoms with Crippen LogP contribution in [0.3, 0.4) is 0 Å². The van der Waals surface area contributed by atoms with Crippen LogP contribution >= 0.6 is 0 Å². The molecular formula is C25H29NO3. The fraction of sp³-hybridized carbons (Fsp3) is 0.400. The van der Waals surface area contributed by atoms with Gasteiger partial charge in [-0.05, 0) is 73.6 Å². The Morgan fingerprint density at radius 1 is 1.10 bits per heavy atom. The first-order chi connectivity index (χ1) is 13.9. The second-order valence-corrected chi connectivity index (χ2v) is 8.50. The molecule has 29 heavy (non-hydrogen) atoms. The minimum atomic E-state index is -0.672. The molecule has 1 fully saturated rings. The molecule has 0 radical (unpaired) electrons. The largest absolute Gasteiger partial charge is 0.489 e. The van der Waals surface area contributed by atoms with Crippen molar-refractivity contribution >= 4 is 11.5 Å². The first kappa shape index (κ1) is 19.7. The van der Waals surface area contributed by atoms with E-state index in [2.05, 4.69) is 62.1 Å². The summed E-state index contributed by atoms with van der Waals surface area (Å²) in [7, 11) is 0. The van der Waals surface area contributed by atoms with Gasteiger partial charge in [0, 0.05) is 19.6 Å². The van der Waals surface area contributed by atoms with Gasteiger partial charge in [0.05, 0.1) is 5.92 Å². The van der Waals surface area contributed by atoms with Crippen molar-refractivity contribution in [1.82, 2.24) is 4.90 Å². The summed E-state index contributed by atoms with van der Waals surface area (Å²) in [5.74, 6) is 0.0602. The fourth-order valence-electron chi connectivity index (χ4n) is 4.39. The van der Waals surface area contributed by atoms with Crippen LogP contribution in [-0.2, 0) is 17.8 Å². The van der Waals surface area contributed by atoms with Crippen molar-refractivity contribution in [2.24, 2.45) is 5.92 Å². The molecule has 1 aliphatic carbocycles. The summed E-state index contributed by atoms with van der Waals surface area (Å²) in [6.45, 7) is 9.25. The number of likely N-dealkylation sites (tertiary alicyclic amines) is 1. The zero-order valence-electron chi connectivity index (χ0n) is 17.5. The van der Waals surface area contributed by atoms with Crippen molar-refractivity contribution in [1.29, 1.82) is 0 Å². The number of carboxylic acid groups (broad SMARTS) is 1. The third kappa shape index (κ3) is 4.23. The van der Waals surface area contributed by atoms with Crippen LogP contribution < -0.4 is 4.74 Å². The van der Waals surface area contributed by atoms with Gasteiger partial charge in [-0.1, -0.05) is 35.4 Å². The highest BCUT2D eigenvalue weighted by molar-refractivity contribution is 5.73. The Bertz CT molecular complexity index is 970. The number of benzene rings is 2. The first-order valence-corrected chi connectivity index (χ1v) is 10.4. The lowest BCUT2D eigenvalue weighted by Crippen LogP contribution is -2.50. The Morgan fingerprint density at radius 3 is 2.62 bits per heavy atom. The van der Waals surface area contributed by atoms with Crippen molar-refractivity contribution in [3.63, 3.8) is 0 Å². The third-order valence-electron chi connectivity index (χ3n) is 6.32. The van der Waals surface area contributed by atoms with E-state index >= 15 is 0 Å². The molecule has 0 spiro atoms. The molecule has 1 heterocycles. The van der Waals surface area contributed by atoms with Crippen molar-refractivity contribution in [2.75, 3.05) is 19.6 Å². The lowest BCUT2D eigenvalue weighted by Gasteiger charge is -2.38. The summed E-state index contributed by atoms with van der Waals surface area (Å²) >= 11 is 0. The first-order valence-electron chi connectivity index (χ1n) is 10.4. The highest BCUT2D eigenvalue weighted by Gasteiger charge is 2.33. The molecule has 2 aliphatic rings. The van der Waals surface area contributed by atoms with Crippen molar-refractivity contribution in [2.45, 2.75) is 40.2 Å². The van der Waals surface area contributed by atoms with Gasteiger partial charge in [0.25, 0.3) is 0 Å². The molecule has 4 nitrogen and oxygen atoms in total. The van der Waals surface area contributed by atoms with Crippen LogP contribution in [0.25, 0.3) is 5.57 Å². The molecule has 0 atom stereocenters. The van der Waals surface area contributed by atoms with Gasteiger partial charge in [-0.25, -0.2) is 0 Å². The van der Waals surface area contributed by atoms with E-state index in [0.717, 1.165) is 25.1 Å². The normalized spacial score (nSPS) is 17.1. The van der Waals surface area contributed by atoms with Gasteiger partial charge in [-0.2, -0.15) is 0 Å². The number of ether oxygens (including phenoxy) is 1. The zero-order valence-corrected chi connectivity index (χ0v) is 17.5.